The average Bonchev–Trinajstić information content (AvgIpc) is 2.97. The zero-order valence-corrected chi connectivity index (χ0v) is 10.7. The Morgan fingerprint density at radius 3 is 2.90 bits per heavy atom. The molecule has 0 saturated carbocycles. The van der Waals surface area contributed by atoms with E-state index in [2.05, 4.69) is 15.1 Å². The van der Waals surface area contributed by atoms with E-state index in [9.17, 15) is 10.1 Å². The number of non-ortho nitro benzene ring substituents is 1. The van der Waals surface area contributed by atoms with Gasteiger partial charge in [-0.3, -0.25) is 15.1 Å². The van der Waals surface area contributed by atoms with Crippen LogP contribution in [0.25, 0.3) is 17.1 Å². The van der Waals surface area contributed by atoms with E-state index in [4.69, 9.17) is 5.73 Å². The summed E-state index contributed by atoms with van der Waals surface area (Å²) in [5.41, 5.74) is 7.50. The van der Waals surface area contributed by atoms with E-state index < -0.39 is 4.92 Å². The van der Waals surface area contributed by atoms with Gasteiger partial charge in [-0.2, -0.15) is 0 Å². The summed E-state index contributed by atoms with van der Waals surface area (Å²) in [4.78, 5) is 18.4. The minimum atomic E-state index is -0.457. The lowest BCUT2D eigenvalue weighted by Gasteiger charge is -2.02. The van der Waals surface area contributed by atoms with Crippen molar-refractivity contribution >= 4 is 11.4 Å². The van der Waals surface area contributed by atoms with Crippen molar-refractivity contribution in [3.63, 3.8) is 0 Å². The van der Waals surface area contributed by atoms with Crippen molar-refractivity contribution in [2.45, 2.75) is 0 Å². The summed E-state index contributed by atoms with van der Waals surface area (Å²) in [6.07, 6.45) is 4.62. The fraction of sp³-hybridized carbons (Fsp3) is 0. The Morgan fingerprint density at radius 2 is 2.14 bits per heavy atom. The van der Waals surface area contributed by atoms with Crippen molar-refractivity contribution in [1.29, 1.82) is 0 Å². The molecule has 0 saturated heterocycles. The highest BCUT2D eigenvalue weighted by Crippen LogP contribution is 2.22. The van der Waals surface area contributed by atoms with E-state index in [-0.39, 0.29) is 5.69 Å². The summed E-state index contributed by atoms with van der Waals surface area (Å²) in [6.45, 7) is 0. The number of anilines is 1. The molecule has 0 spiro atoms. The molecule has 0 aliphatic heterocycles. The van der Waals surface area contributed by atoms with Crippen molar-refractivity contribution in [2.24, 2.45) is 0 Å². The fourth-order valence-electron chi connectivity index (χ4n) is 1.88. The molecular weight excluding hydrogens is 272 g/mol. The molecule has 0 fully saturated rings. The number of nitro benzene ring substituents is 1. The molecule has 0 aliphatic carbocycles. The Balaban J connectivity index is 2.01. The number of benzene rings is 1. The molecule has 2 N–H and O–H groups in total. The Kier molecular flexibility index (Phi) is 3.03. The van der Waals surface area contributed by atoms with Gasteiger partial charge in [0.05, 0.1) is 22.5 Å². The summed E-state index contributed by atoms with van der Waals surface area (Å²) in [7, 11) is 0. The van der Waals surface area contributed by atoms with Crippen LogP contribution in [0, 0.1) is 10.1 Å². The molecule has 0 radical (unpaired) electrons. The summed E-state index contributed by atoms with van der Waals surface area (Å²) in [6, 6.07) is 7.86. The third kappa shape index (κ3) is 2.41. The van der Waals surface area contributed by atoms with Gasteiger partial charge in [0, 0.05) is 23.9 Å². The lowest BCUT2D eigenvalue weighted by atomic mass is 10.2. The van der Waals surface area contributed by atoms with E-state index in [1.807, 2.05) is 0 Å². The van der Waals surface area contributed by atoms with Crippen LogP contribution in [-0.2, 0) is 0 Å². The number of pyridine rings is 1. The average molecular weight is 282 g/mol. The van der Waals surface area contributed by atoms with Gasteiger partial charge in [0.25, 0.3) is 5.69 Å². The summed E-state index contributed by atoms with van der Waals surface area (Å²) in [5.74, 6) is 0.384. The van der Waals surface area contributed by atoms with Crippen molar-refractivity contribution in [3.8, 4) is 17.1 Å². The summed E-state index contributed by atoms with van der Waals surface area (Å²) >= 11 is 0. The lowest BCUT2D eigenvalue weighted by Crippen LogP contribution is -2.00. The number of rotatable bonds is 3. The van der Waals surface area contributed by atoms with Gasteiger partial charge in [0.15, 0.2) is 5.82 Å². The van der Waals surface area contributed by atoms with Crippen LogP contribution in [0.3, 0.4) is 0 Å². The highest BCUT2D eigenvalue weighted by atomic mass is 16.6. The molecule has 0 unspecified atom stereocenters. The number of nitrogen functional groups attached to an aromatic ring is 1. The molecule has 0 amide bonds. The third-order valence-corrected chi connectivity index (χ3v) is 2.88. The molecule has 3 aromatic rings. The normalized spacial score (nSPS) is 10.5. The highest BCUT2D eigenvalue weighted by molar-refractivity contribution is 5.60. The second-order valence-electron chi connectivity index (χ2n) is 4.25. The largest absolute Gasteiger partial charge is 0.396 e. The quantitative estimate of drug-likeness (QED) is 0.579. The highest BCUT2D eigenvalue weighted by Gasteiger charge is 2.11. The minimum absolute atomic E-state index is 0.00715. The predicted molar refractivity (Wildman–Crippen MR) is 75.7 cm³/mol. The van der Waals surface area contributed by atoms with E-state index in [0.717, 1.165) is 0 Å². The number of hydrogen-bond acceptors (Lipinski definition) is 6. The minimum Gasteiger partial charge on any atom is -0.396 e. The first-order valence-electron chi connectivity index (χ1n) is 6.01. The number of nitrogens with two attached hydrogens (primary N) is 1. The van der Waals surface area contributed by atoms with E-state index >= 15 is 0 Å². The predicted octanol–water partition coefficient (Wildman–Crippen LogP) is 1.82. The van der Waals surface area contributed by atoms with Gasteiger partial charge in [-0.1, -0.05) is 12.1 Å². The van der Waals surface area contributed by atoms with Crippen LogP contribution in [0.2, 0.25) is 0 Å². The van der Waals surface area contributed by atoms with Crippen LogP contribution in [-0.4, -0.2) is 24.7 Å². The van der Waals surface area contributed by atoms with Crippen LogP contribution in [0.5, 0.6) is 0 Å². The summed E-state index contributed by atoms with van der Waals surface area (Å²) < 4.78 is 1.51. The maximum atomic E-state index is 10.8. The molecule has 0 atom stereocenters. The Morgan fingerprint density at radius 1 is 1.29 bits per heavy atom. The van der Waals surface area contributed by atoms with Crippen LogP contribution < -0.4 is 5.73 Å². The zero-order chi connectivity index (χ0) is 14.8. The Labute approximate surface area is 119 Å². The topological polar surface area (TPSA) is 113 Å². The molecule has 1 aromatic carbocycles. The maximum absolute atomic E-state index is 10.8. The smallest absolute Gasteiger partial charge is 0.270 e. The molecule has 0 aliphatic rings. The van der Waals surface area contributed by atoms with Crippen LogP contribution in [0.4, 0.5) is 11.4 Å². The van der Waals surface area contributed by atoms with Crippen LogP contribution >= 0.6 is 0 Å². The van der Waals surface area contributed by atoms with Gasteiger partial charge >= 0.3 is 0 Å². The van der Waals surface area contributed by atoms with Crippen molar-refractivity contribution in [1.82, 2.24) is 19.7 Å². The molecule has 3 rings (SSSR count). The standard InChI is InChI=1S/C13H10N6O2/c14-11-7-15-5-4-12(11)18-8-16-13(17-18)9-2-1-3-10(6-9)19(20)21/h1-8H,14H2. The molecule has 21 heavy (non-hydrogen) atoms. The van der Waals surface area contributed by atoms with Crippen molar-refractivity contribution < 1.29 is 4.92 Å². The van der Waals surface area contributed by atoms with Gasteiger partial charge in [0.2, 0.25) is 0 Å². The fourth-order valence-corrected chi connectivity index (χ4v) is 1.88. The van der Waals surface area contributed by atoms with Crippen molar-refractivity contribution in [3.05, 3.63) is 59.2 Å². The molecule has 0 bridgehead atoms. The monoisotopic (exact) mass is 282 g/mol. The first-order valence-corrected chi connectivity index (χ1v) is 6.01. The Bertz CT molecular complexity index is 814. The van der Waals surface area contributed by atoms with Gasteiger partial charge in [-0.15, -0.1) is 5.10 Å². The molecular formula is C13H10N6O2. The first-order chi connectivity index (χ1) is 10.1. The van der Waals surface area contributed by atoms with Gasteiger partial charge in [-0.05, 0) is 6.07 Å². The van der Waals surface area contributed by atoms with Crippen molar-refractivity contribution in [2.75, 3.05) is 5.73 Å². The maximum Gasteiger partial charge on any atom is 0.270 e. The third-order valence-electron chi connectivity index (χ3n) is 2.88. The van der Waals surface area contributed by atoms with Gasteiger partial charge in [0.1, 0.15) is 6.33 Å². The van der Waals surface area contributed by atoms with Gasteiger partial charge in [-0.25, -0.2) is 9.67 Å². The Hall–Kier alpha value is -3.29. The number of hydrogen-bond donors (Lipinski definition) is 1. The second kappa shape index (κ2) is 5.00. The van der Waals surface area contributed by atoms with Crippen LogP contribution in [0.1, 0.15) is 0 Å². The SMILES string of the molecule is Nc1cnccc1-n1cnc(-c2cccc([N+](=O)[O-])c2)n1. The van der Waals surface area contributed by atoms with E-state index in [0.29, 0.717) is 22.8 Å². The van der Waals surface area contributed by atoms with Gasteiger partial charge < -0.3 is 5.73 Å². The molecule has 8 heteroatoms. The number of nitrogens with zero attached hydrogens (tertiary/aromatic N) is 5. The number of nitro groups is 1. The molecule has 2 heterocycles. The first kappa shape index (κ1) is 12.7. The lowest BCUT2D eigenvalue weighted by molar-refractivity contribution is -0.384. The molecule has 2 aromatic heterocycles. The molecule has 104 valence electrons. The number of aromatic nitrogens is 4. The summed E-state index contributed by atoms with van der Waals surface area (Å²) in [5, 5.41) is 15.1. The van der Waals surface area contributed by atoms with E-state index in [1.54, 1.807) is 24.4 Å². The van der Waals surface area contributed by atoms with E-state index in [1.165, 1.54) is 29.3 Å². The zero-order valence-electron chi connectivity index (χ0n) is 10.7. The van der Waals surface area contributed by atoms with Crippen LogP contribution in [0.15, 0.2) is 49.1 Å². The second-order valence-corrected chi connectivity index (χ2v) is 4.25. The molecule has 8 nitrogen and oxygen atoms in total.